The number of rotatable bonds is 27. The van der Waals surface area contributed by atoms with Gasteiger partial charge in [0.1, 0.15) is 23.5 Å². The summed E-state index contributed by atoms with van der Waals surface area (Å²) in [5, 5.41) is 9.17. The zero-order valence-electron chi connectivity index (χ0n) is 31.8. The molecule has 5 amide bonds. The summed E-state index contributed by atoms with van der Waals surface area (Å²) in [6, 6.07) is 0. The van der Waals surface area contributed by atoms with Crippen LogP contribution in [0.3, 0.4) is 0 Å². The Balaban J connectivity index is 3.93. The molecule has 0 unspecified atom stereocenters. The van der Waals surface area contributed by atoms with Gasteiger partial charge >= 0.3 is 5.91 Å². The number of nitrogens with zero attached hydrogens (tertiary/aromatic N) is 1. The fourth-order valence-corrected chi connectivity index (χ4v) is 4.37. The highest BCUT2D eigenvalue weighted by Gasteiger charge is 2.36. The van der Waals surface area contributed by atoms with Gasteiger partial charge in [0, 0.05) is 32.4 Å². The molecule has 0 bridgehead atoms. The van der Waals surface area contributed by atoms with E-state index in [2.05, 4.69) is 21.4 Å². The molecule has 0 fully saturated rings. The molecule has 1 rings (SSSR count). The van der Waals surface area contributed by atoms with Crippen LogP contribution in [0.4, 0.5) is 11.4 Å². The topological polar surface area (TPSA) is 183 Å². The van der Waals surface area contributed by atoms with Crippen LogP contribution in [0.1, 0.15) is 129 Å². The standard InChI is InChI=1S/C36H61N5O10/c1-8-15-18-28(44)39-32-34(49-22-12-5)30(33(48-21-11-4)31(35(32)50-23-13-6)38-27(43)17-9-2)36(46)41(40-26(42)14-7)51-24-16-19-37-29(45)25-47-20-10-3/h8-25H2,1-7H3,(H,37,45)(H,38,43)(H,39,44)(H,40,42). The maximum Gasteiger partial charge on any atom is 0.305 e. The number of carbonyl (C=O) groups excluding carboxylic acids is 5. The minimum Gasteiger partial charge on any atom is -0.490 e. The second-order valence-electron chi connectivity index (χ2n) is 11.7. The summed E-state index contributed by atoms with van der Waals surface area (Å²) >= 11 is 0. The maximum absolute atomic E-state index is 14.7. The van der Waals surface area contributed by atoms with Crippen LogP contribution in [-0.4, -0.2) is 80.9 Å². The lowest BCUT2D eigenvalue weighted by atomic mass is 10.1. The van der Waals surface area contributed by atoms with E-state index in [4.69, 9.17) is 23.8 Å². The minimum atomic E-state index is -0.886. The van der Waals surface area contributed by atoms with E-state index >= 15 is 0 Å². The average Bonchev–Trinajstić information content (AvgIpc) is 3.11. The molecule has 51 heavy (non-hydrogen) atoms. The van der Waals surface area contributed by atoms with Gasteiger partial charge in [0.25, 0.3) is 0 Å². The molecule has 4 N–H and O–H groups in total. The number of hydrazine groups is 1. The summed E-state index contributed by atoms with van der Waals surface area (Å²) in [5.41, 5.74) is 2.38. The fraction of sp³-hybridized carbons (Fsp3) is 0.694. The molecule has 0 heterocycles. The molecule has 0 radical (unpaired) electrons. The molecule has 1 aromatic rings. The number of unbranched alkanes of at least 4 members (excludes halogenated alkanes) is 1. The third-order valence-corrected chi connectivity index (χ3v) is 6.87. The van der Waals surface area contributed by atoms with Crippen LogP contribution in [0, 0.1) is 0 Å². The van der Waals surface area contributed by atoms with E-state index in [-0.39, 0.29) is 117 Å². The van der Waals surface area contributed by atoms with Gasteiger partial charge in [-0.05, 0) is 44.9 Å². The van der Waals surface area contributed by atoms with Crippen molar-refractivity contribution in [3.8, 4) is 17.2 Å². The Morgan fingerprint density at radius 2 is 1.12 bits per heavy atom. The van der Waals surface area contributed by atoms with Crippen molar-refractivity contribution >= 4 is 40.9 Å². The Hall–Kier alpha value is -4.11. The van der Waals surface area contributed by atoms with Crippen molar-refractivity contribution in [3.63, 3.8) is 0 Å². The lowest BCUT2D eigenvalue weighted by molar-refractivity contribution is -0.170. The van der Waals surface area contributed by atoms with Crippen LogP contribution in [0.25, 0.3) is 0 Å². The summed E-state index contributed by atoms with van der Waals surface area (Å²) < 4.78 is 23.9. The first-order valence-corrected chi connectivity index (χ1v) is 18.5. The van der Waals surface area contributed by atoms with Crippen molar-refractivity contribution in [2.45, 2.75) is 119 Å². The lowest BCUT2D eigenvalue weighted by Gasteiger charge is -2.28. The Kier molecular flexibility index (Phi) is 23.5. The van der Waals surface area contributed by atoms with Gasteiger partial charge in [-0.1, -0.05) is 54.9 Å². The van der Waals surface area contributed by atoms with Crippen LogP contribution >= 0.6 is 0 Å². The van der Waals surface area contributed by atoms with Gasteiger partial charge in [0.2, 0.25) is 23.6 Å². The molecule has 290 valence electrons. The van der Waals surface area contributed by atoms with Gasteiger partial charge in [-0.2, -0.15) is 0 Å². The Labute approximate surface area is 303 Å². The summed E-state index contributed by atoms with van der Waals surface area (Å²) in [7, 11) is 0. The number of ether oxygens (including phenoxy) is 4. The van der Waals surface area contributed by atoms with Crippen LogP contribution in [0.2, 0.25) is 0 Å². The predicted molar refractivity (Wildman–Crippen MR) is 195 cm³/mol. The van der Waals surface area contributed by atoms with Gasteiger partial charge in [0.15, 0.2) is 17.2 Å². The van der Waals surface area contributed by atoms with Crippen LogP contribution in [0.15, 0.2) is 0 Å². The number of anilines is 2. The molecule has 0 spiro atoms. The largest absolute Gasteiger partial charge is 0.490 e. The van der Waals surface area contributed by atoms with E-state index < -0.39 is 11.8 Å². The Bertz CT molecular complexity index is 1240. The number of benzene rings is 1. The van der Waals surface area contributed by atoms with Crippen molar-refractivity contribution in [2.75, 3.05) is 56.8 Å². The number of nitrogens with one attached hydrogen (secondary N) is 4. The van der Waals surface area contributed by atoms with Gasteiger partial charge in [-0.25, -0.2) is 5.43 Å². The van der Waals surface area contributed by atoms with Gasteiger partial charge < -0.3 is 34.9 Å². The van der Waals surface area contributed by atoms with Gasteiger partial charge in [-0.3, -0.25) is 28.8 Å². The first-order valence-electron chi connectivity index (χ1n) is 18.5. The first-order chi connectivity index (χ1) is 24.6. The van der Waals surface area contributed by atoms with Crippen LogP contribution in [0.5, 0.6) is 17.2 Å². The number of amides is 5. The third kappa shape index (κ3) is 16.2. The van der Waals surface area contributed by atoms with Crippen LogP contribution in [-0.2, 0) is 28.8 Å². The zero-order chi connectivity index (χ0) is 38.0. The molecule has 15 heteroatoms. The summed E-state index contributed by atoms with van der Waals surface area (Å²) in [4.78, 5) is 71.7. The van der Waals surface area contributed by atoms with Gasteiger partial charge in [0.05, 0.1) is 26.4 Å². The average molecular weight is 724 g/mol. The first kappa shape index (κ1) is 44.9. The highest BCUT2D eigenvalue weighted by atomic mass is 16.7. The summed E-state index contributed by atoms with van der Waals surface area (Å²) in [6.07, 6.45) is 5.08. The van der Waals surface area contributed by atoms with E-state index in [1.807, 2.05) is 41.5 Å². The molecular weight excluding hydrogens is 662 g/mol. The van der Waals surface area contributed by atoms with Crippen molar-refractivity contribution in [2.24, 2.45) is 0 Å². The second-order valence-corrected chi connectivity index (χ2v) is 11.7. The maximum atomic E-state index is 14.7. The number of carbonyl (C=O) groups is 5. The van der Waals surface area contributed by atoms with Gasteiger partial charge in [-0.15, -0.1) is 5.17 Å². The summed E-state index contributed by atoms with van der Waals surface area (Å²) in [6.45, 7) is 14.1. The minimum absolute atomic E-state index is 0.0280. The predicted octanol–water partition coefficient (Wildman–Crippen LogP) is 5.67. The molecule has 15 nitrogen and oxygen atoms in total. The molecule has 0 saturated carbocycles. The monoisotopic (exact) mass is 723 g/mol. The normalized spacial score (nSPS) is 10.6. The highest BCUT2D eigenvalue weighted by Crippen LogP contribution is 2.52. The number of hydrogen-bond donors (Lipinski definition) is 4. The molecule has 0 atom stereocenters. The van der Waals surface area contributed by atoms with Crippen molar-refractivity contribution in [1.29, 1.82) is 0 Å². The molecule has 0 aliphatic heterocycles. The lowest BCUT2D eigenvalue weighted by Crippen LogP contribution is -2.46. The molecular formula is C36H61N5O10. The van der Waals surface area contributed by atoms with E-state index in [9.17, 15) is 24.0 Å². The second kappa shape index (κ2) is 26.7. The molecule has 0 aromatic heterocycles. The van der Waals surface area contributed by atoms with E-state index in [1.54, 1.807) is 6.92 Å². The quantitative estimate of drug-likeness (QED) is 0.0652. The summed E-state index contributed by atoms with van der Waals surface area (Å²) in [5.74, 6) is -2.44. The molecule has 0 aliphatic carbocycles. The van der Waals surface area contributed by atoms with E-state index in [1.165, 1.54) is 0 Å². The van der Waals surface area contributed by atoms with Crippen LogP contribution < -0.4 is 35.6 Å². The van der Waals surface area contributed by atoms with E-state index in [0.29, 0.717) is 43.9 Å². The Morgan fingerprint density at radius 1 is 0.569 bits per heavy atom. The smallest absolute Gasteiger partial charge is 0.305 e. The molecule has 0 saturated heterocycles. The third-order valence-electron chi connectivity index (χ3n) is 6.87. The molecule has 1 aromatic carbocycles. The zero-order valence-corrected chi connectivity index (χ0v) is 31.8. The molecule has 0 aliphatic rings. The van der Waals surface area contributed by atoms with Crippen molar-refractivity contribution in [3.05, 3.63) is 5.56 Å². The van der Waals surface area contributed by atoms with Crippen molar-refractivity contribution in [1.82, 2.24) is 15.9 Å². The number of hydrogen-bond acceptors (Lipinski definition) is 10. The SMILES string of the molecule is CCCCC(=O)Nc1c(OCCC)c(NC(=O)CCC)c(OCCC)c(C(=O)N(NC(=O)CC)OCCCNC(=O)COCCC)c1OCCC. The number of hydroxylamine groups is 1. The van der Waals surface area contributed by atoms with E-state index in [0.717, 1.165) is 12.8 Å². The van der Waals surface area contributed by atoms with Crippen molar-refractivity contribution < 1.29 is 47.8 Å². The Morgan fingerprint density at radius 3 is 1.63 bits per heavy atom. The highest BCUT2D eigenvalue weighted by molar-refractivity contribution is 6.10. The fourth-order valence-electron chi connectivity index (χ4n) is 4.37.